The molecule has 4 heteroatoms. The highest BCUT2D eigenvalue weighted by molar-refractivity contribution is 8.14. The molecule has 1 aliphatic heterocycles. The maximum absolute atomic E-state index is 12.3. The summed E-state index contributed by atoms with van der Waals surface area (Å²) in [6.07, 6.45) is 5.65. The second kappa shape index (κ2) is 8.67. The highest BCUT2D eigenvalue weighted by atomic mass is 32.2. The molecule has 2 aromatic rings. The molecule has 0 saturated heterocycles. The Morgan fingerprint density at radius 1 is 1.16 bits per heavy atom. The fraction of sp³-hybridized carbons (Fsp3) is 0.238. The van der Waals surface area contributed by atoms with Gasteiger partial charge in [0.15, 0.2) is 11.0 Å². The quantitative estimate of drug-likeness (QED) is 0.606. The first-order valence-corrected chi connectivity index (χ1v) is 9.59. The van der Waals surface area contributed by atoms with E-state index in [1.54, 1.807) is 17.8 Å². The van der Waals surface area contributed by atoms with Crippen LogP contribution in [0.2, 0.25) is 0 Å². The Morgan fingerprint density at radius 3 is 2.56 bits per heavy atom. The maximum atomic E-state index is 12.3. The number of nitrogens with one attached hydrogen (secondary N) is 1. The zero-order valence-corrected chi connectivity index (χ0v) is 15.2. The third-order valence-corrected chi connectivity index (χ3v) is 5.03. The van der Waals surface area contributed by atoms with Gasteiger partial charge in [-0.15, -0.1) is 0 Å². The molecule has 128 valence electrons. The number of amidine groups is 1. The lowest BCUT2D eigenvalue weighted by Gasteiger charge is -2.13. The van der Waals surface area contributed by atoms with E-state index >= 15 is 0 Å². The van der Waals surface area contributed by atoms with Crippen LogP contribution in [0, 0.1) is 0 Å². The van der Waals surface area contributed by atoms with E-state index in [0.29, 0.717) is 5.56 Å². The van der Waals surface area contributed by atoms with Crippen molar-refractivity contribution >= 4 is 34.5 Å². The molecule has 0 radical (unpaired) electrons. The summed E-state index contributed by atoms with van der Waals surface area (Å²) < 4.78 is 0. The van der Waals surface area contributed by atoms with Crippen molar-refractivity contribution in [3.8, 4) is 0 Å². The summed E-state index contributed by atoms with van der Waals surface area (Å²) in [7, 11) is 0. The van der Waals surface area contributed by atoms with E-state index in [-0.39, 0.29) is 5.78 Å². The average molecular weight is 350 g/mol. The smallest absolute Gasteiger partial charge is 0.185 e. The number of carbonyl (C=O) groups is 1. The molecule has 1 heterocycles. The number of thioether (sulfide) groups is 1. The Bertz CT molecular complexity index is 777. The third-order valence-electron chi connectivity index (χ3n) is 4.03. The van der Waals surface area contributed by atoms with Crippen molar-refractivity contribution in [2.24, 2.45) is 4.99 Å². The molecule has 0 atom stereocenters. The fourth-order valence-electron chi connectivity index (χ4n) is 2.51. The van der Waals surface area contributed by atoms with Crippen molar-refractivity contribution in [1.29, 1.82) is 0 Å². The SMILES string of the molecule is CCc1ccc(/C=C/C(=O)c2ccc(NC3=NCCCS3)cc2)cc1. The minimum atomic E-state index is 0.00972. The molecule has 1 aliphatic rings. The summed E-state index contributed by atoms with van der Waals surface area (Å²) in [6, 6.07) is 15.8. The molecule has 2 aromatic carbocycles. The Labute approximate surface area is 153 Å². The second-order valence-corrected chi connectivity index (χ2v) is 6.97. The Kier molecular flexibility index (Phi) is 6.07. The molecular formula is C21H22N2OS. The first-order chi connectivity index (χ1) is 12.2. The minimum absolute atomic E-state index is 0.00972. The molecule has 3 rings (SSSR count). The van der Waals surface area contributed by atoms with Gasteiger partial charge >= 0.3 is 0 Å². The van der Waals surface area contributed by atoms with Gasteiger partial charge in [-0.05, 0) is 54.3 Å². The van der Waals surface area contributed by atoms with Crippen LogP contribution in [-0.2, 0) is 6.42 Å². The van der Waals surface area contributed by atoms with Crippen molar-refractivity contribution in [3.63, 3.8) is 0 Å². The number of allylic oxidation sites excluding steroid dienone is 1. The number of carbonyl (C=O) groups excluding carboxylic acids is 1. The van der Waals surface area contributed by atoms with E-state index in [1.165, 1.54) is 5.56 Å². The Morgan fingerprint density at radius 2 is 1.92 bits per heavy atom. The number of nitrogens with zero attached hydrogens (tertiary/aromatic N) is 1. The highest BCUT2D eigenvalue weighted by Gasteiger charge is 2.07. The lowest BCUT2D eigenvalue weighted by Crippen LogP contribution is -2.13. The number of hydrogen-bond donors (Lipinski definition) is 1. The number of rotatable bonds is 5. The molecular weight excluding hydrogens is 328 g/mol. The Balaban J connectivity index is 1.61. The summed E-state index contributed by atoms with van der Waals surface area (Å²) in [6.45, 7) is 3.02. The van der Waals surface area contributed by atoms with Crippen LogP contribution in [0.5, 0.6) is 0 Å². The van der Waals surface area contributed by atoms with Gasteiger partial charge in [0.05, 0.1) is 0 Å². The predicted molar refractivity (Wildman–Crippen MR) is 109 cm³/mol. The maximum Gasteiger partial charge on any atom is 0.185 e. The molecule has 0 fully saturated rings. The summed E-state index contributed by atoms with van der Waals surface area (Å²) in [5.74, 6) is 1.11. The molecule has 0 amide bonds. The number of anilines is 1. The summed E-state index contributed by atoms with van der Waals surface area (Å²) in [5.41, 5.74) is 3.98. The van der Waals surface area contributed by atoms with E-state index in [2.05, 4.69) is 29.4 Å². The monoisotopic (exact) mass is 350 g/mol. The zero-order chi connectivity index (χ0) is 17.5. The van der Waals surface area contributed by atoms with E-state index < -0.39 is 0 Å². The predicted octanol–water partition coefficient (Wildman–Crippen LogP) is 5.05. The van der Waals surface area contributed by atoms with Crippen molar-refractivity contribution in [3.05, 3.63) is 71.3 Å². The Hall–Kier alpha value is -2.33. The molecule has 1 N–H and O–H groups in total. The van der Waals surface area contributed by atoms with Gasteiger partial charge in [0.2, 0.25) is 0 Å². The normalized spacial score (nSPS) is 14.4. The van der Waals surface area contributed by atoms with Crippen LogP contribution >= 0.6 is 11.8 Å². The molecule has 3 nitrogen and oxygen atoms in total. The fourth-order valence-corrected chi connectivity index (χ4v) is 3.35. The zero-order valence-electron chi connectivity index (χ0n) is 14.4. The van der Waals surface area contributed by atoms with E-state index in [4.69, 9.17) is 0 Å². The summed E-state index contributed by atoms with van der Waals surface area (Å²) in [4.78, 5) is 16.8. The molecule has 25 heavy (non-hydrogen) atoms. The minimum Gasteiger partial charge on any atom is -0.335 e. The van der Waals surface area contributed by atoms with Crippen LogP contribution in [0.3, 0.4) is 0 Å². The number of ketones is 1. The number of benzene rings is 2. The summed E-state index contributed by atoms with van der Waals surface area (Å²) >= 11 is 1.74. The second-order valence-electron chi connectivity index (χ2n) is 5.88. The first kappa shape index (κ1) is 17.5. The van der Waals surface area contributed by atoms with Gasteiger partial charge in [-0.1, -0.05) is 49.0 Å². The number of aliphatic imine (C=N–C) groups is 1. The molecule has 0 unspecified atom stereocenters. The molecule has 0 aliphatic carbocycles. The number of hydrogen-bond acceptors (Lipinski definition) is 4. The molecule has 0 spiro atoms. The van der Waals surface area contributed by atoms with Gasteiger partial charge in [-0.2, -0.15) is 0 Å². The lowest BCUT2D eigenvalue weighted by atomic mass is 10.1. The van der Waals surface area contributed by atoms with E-state index in [1.807, 2.05) is 42.5 Å². The van der Waals surface area contributed by atoms with Crippen LogP contribution in [0.25, 0.3) is 6.08 Å². The lowest BCUT2D eigenvalue weighted by molar-refractivity contribution is 0.104. The molecule has 0 aromatic heterocycles. The van der Waals surface area contributed by atoms with Crippen molar-refractivity contribution in [2.75, 3.05) is 17.6 Å². The topological polar surface area (TPSA) is 41.5 Å². The van der Waals surface area contributed by atoms with Gasteiger partial charge in [0, 0.05) is 23.5 Å². The molecule has 0 saturated carbocycles. The van der Waals surface area contributed by atoms with Crippen LogP contribution in [-0.4, -0.2) is 23.2 Å². The van der Waals surface area contributed by atoms with Crippen LogP contribution in [0.1, 0.15) is 34.8 Å². The first-order valence-electron chi connectivity index (χ1n) is 8.60. The van der Waals surface area contributed by atoms with Crippen molar-refractivity contribution < 1.29 is 4.79 Å². The van der Waals surface area contributed by atoms with Gasteiger partial charge < -0.3 is 5.32 Å². The molecule has 0 bridgehead atoms. The van der Waals surface area contributed by atoms with Crippen LogP contribution < -0.4 is 5.32 Å². The third kappa shape index (κ3) is 5.07. The van der Waals surface area contributed by atoms with Gasteiger partial charge in [0.25, 0.3) is 0 Å². The van der Waals surface area contributed by atoms with Gasteiger partial charge in [0.1, 0.15) is 0 Å². The largest absolute Gasteiger partial charge is 0.335 e. The average Bonchev–Trinajstić information content (AvgIpc) is 2.68. The number of aryl methyl sites for hydroxylation is 1. The van der Waals surface area contributed by atoms with Crippen LogP contribution in [0.4, 0.5) is 5.69 Å². The van der Waals surface area contributed by atoms with Crippen molar-refractivity contribution in [1.82, 2.24) is 0 Å². The van der Waals surface area contributed by atoms with Crippen LogP contribution in [0.15, 0.2) is 59.6 Å². The summed E-state index contributed by atoms with van der Waals surface area (Å²) in [5, 5.41) is 4.26. The highest BCUT2D eigenvalue weighted by Crippen LogP contribution is 2.17. The van der Waals surface area contributed by atoms with Crippen molar-refractivity contribution in [2.45, 2.75) is 19.8 Å². The van der Waals surface area contributed by atoms with E-state index in [0.717, 1.165) is 41.6 Å². The van der Waals surface area contributed by atoms with Gasteiger partial charge in [-0.25, -0.2) is 0 Å². The van der Waals surface area contributed by atoms with E-state index in [9.17, 15) is 4.79 Å². The standard InChI is InChI=1S/C21H22N2OS/c1-2-16-4-6-17(7-5-16)8-13-20(24)18-9-11-19(12-10-18)23-21-22-14-3-15-25-21/h4-13H,2-3,14-15H2,1H3,(H,22,23)/b13-8+. The van der Waals surface area contributed by atoms with Gasteiger partial charge in [-0.3, -0.25) is 9.79 Å².